The van der Waals surface area contributed by atoms with E-state index >= 15 is 0 Å². The fourth-order valence-corrected chi connectivity index (χ4v) is 4.00. The van der Waals surface area contributed by atoms with Crippen LogP contribution in [-0.2, 0) is 10.0 Å². The number of fused-ring (bicyclic) bond motifs is 1. The van der Waals surface area contributed by atoms with Crippen molar-refractivity contribution < 1.29 is 17.6 Å². The van der Waals surface area contributed by atoms with Crippen LogP contribution in [0.5, 0.6) is 0 Å². The van der Waals surface area contributed by atoms with Crippen LogP contribution in [0.3, 0.4) is 0 Å². The number of rotatable bonds is 4. The molecule has 158 valence electrons. The lowest BCUT2D eigenvalue weighted by Gasteiger charge is -2.10. The van der Waals surface area contributed by atoms with Crippen LogP contribution in [0, 0.1) is 5.82 Å². The van der Waals surface area contributed by atoms with Crippen molar-refractivity contribution in [3.05, 3.63) is 76.4 Å². The molecule has 0 spiro atoms. The smallest absolute Gasteiger partial charge is 0.267 e. The number of carbonyl (C=O) groups is 1. The monoisotopic (exact) mass is 478 g/mol. The minimum Gasteiger partial charge on any atom is -0.268 e. The summed E-state index contributed by atoms with van der Waals surface area (Å²) >= 11 is 12.6. The summed E-state index contributed by atoms with van der Waals surface area (Å²) < 4.78 is 40.2. The standard InChI is InChI=1S/C20H13Cl2FN4O3S/c1-31(29,30)26-20(28)13-9-15(21)18(10-16(13)23)27-17-3-2-12(8-14(17)19(22)25-27)11-4-6-24-7-5-11/h2-10H,1H3,(H,26,28). The summed E-state index contributed by atoms with van der Waals surface area (Å²) in [7, 11) is -3.86. The SMILES string of the molecule is CS(=O)(=O)NC(=O)c1cc(Cl)c(-n2nc(Cl)c3cc(-c4ccncc4)ccc32)cc1F. The average Bonchev–Trinajstić information content (AvgIpc) is 3.04. The zero-order valence-corrected chi connectivity index (χ0v) is 18.1. The Morgan fingerprint density at radius 2 is 1.77 bits per heavy atom. The van der Waals surface area contributed by atoms with E-state index in [0.29, 0.717) is 10.9 Å². The molecule has 7 nitrogen and oxygen atoms in total. The molecule has 0 radical (unpaired) electrons. The molecule has 0 unspecified atom stereocenters. The Bertz CT molecular complexity index is 1440. The van der Waals surface area contributed by atoms with E-state index in [1.54, 1.807) is 23.2 Å². The molecule has 0 aliphatic rings. The molecule has 1 amide bonds. The third kappa shape index (κ3) is 4.25. The fourth-order valence-electron chi connectivity index (χ4n) is 3.09. The van der Waals surface area contributed by atoms with E-state index in [-0.39, 0.29) is 15.9 Å². The number of nitrogens with one attached hydrogen (secondary N) is 1. The Morgan fingerprint density at radius 3 is 2.45 bits per heavy atom. The zero-order chi connectivity index (χ0) is 22.3. The molecule has 2 aromatic heterocycles. The van der Waals surface area contributed by atoms with Gasteiger partial charge in [0.15, 0.2) is 5.15 Å². The van der Waals surface area contributed by atoms with Gasteiger partial charge in [0.25, 0.3) is 5.91 Å². The van der Waals surface area contributed by atoms with Crippen LogP contribution in [0.15, 0.2) is 54.9 Å². The lowest BCUT2D eigenvalue weighted by molar-refractivity contribution is 0.0978. The van der Waals surface area contributed by atoms with Crippen molar-refractivity contribution in [2.45, 2.75) is 0 Å². The Balaban J connectivity index is 1.80. The van der Waals surface area contributed by atoms with Gasteiger partial charge in [-0.15, -0.1) is 0 Å². The van der Waals surface area contributed by atoms with Gasteiger partial charge in [0.1, 0.15) is 5.82 Å². The number of amides is 1. The van der Waals surface area contributed by atoms with Crippen molar-refractivity contribution in [3.63, 3.8) is 0 Å². The minimum absolute atomic E-state index is 0.0145. The van der Waals surface area contributed by atoms with Crippen LogP contribution >= 0.6 is 23.2 Å². The van der Waals surface area contributed by atoms with Gasteiger partial charge in [0.2, 0.25) is 10.0 Å². The largest absolute Gasteiger partial charge is 0.268 e. The maximum absolute atomic E-state index is 14.6. The van der Waals surface area contributed by atoms with E-state index in [2.05, 4.69) is 10.1 Å². The van der Waals surface area contributed by atoms with E-state index in [9.17, 15) is 17.6 Å². The van der Waals surface area contributed by atoms with E-state index in [1.165, 1.54) is 4.68 Å². The molecule has 4 rings (SSSR count). The second-order valence-corrected chi connectivity index (χ2v) is 9.17. The molecule has 2 heterocycles. The maximum Gasteiger partial charge on any atom is 0.267 e. The van der Waals surface area contributed by atoms with Gasteiger partial charge < -0.3 is 0 Å². The number of pyridine rings is 1. The summed E-state index contributed by atoms with van der Waals surface area (Å²) in [5.74, 6) is -2.09. The van der Waals surface area contributed by atoms with Gasteiger partial charge in [-0.1, -0.05) is 29.3 Å². The molecule has 0 saturated heterocycles. The Hall–Kier alpha value is -3.01. The minimum atomic E-state index is -3.86. The molecule has 1 N–H and O–H groups in total. The number of carbonyl (C=O) groups excluding carboxylic acids is 1. The van der Waals surface area contributed by atoms with Gasteiger partial charge >= 0.3 is 0 Å². The zero-order valence-electron chi connectivity index (χ0n) is 15.8. The molecule has 0 saturated carbocycles. The predicted octanol–water partition coefficient (Wildman–Crippen LogP) is 4.22. The lowest BCUT2D eigenvalue weighted by Crippen LogP contribution is -2.30. The van der Waals surface area contributed by atoms with E-state index in [4.69, 9.17) is 23.2 Å². The van der Waals surface area contributed by atoms with E-state index in [1.807, 2.05) is 24.3 Å². The number of benzene rings is 2. The Labute approximate surface area is 186 Å². The molecule has 2 aromatic carbocycles. The molecule has 11 heteroatoms. The number of nitrogens with zero attached hydrogens (tertiary/aromatic N) is 3. The summed E-state index contributed by atoms with van der Waals surface area (Å²) in [5.41, 5.74) is 2.02. The number of hydrogen-bond acceptors (Lipinski definition) is 5. The lowest BCUT2D eigenvalue weighted by atomic mass is 10.1. The van der Waals surface area contributed by atoms with Gasteiger partial charge in [0, 0.05) is 23.8 Å². The molecule has 0 bridgehead atoms. The Morgan fingerprint density at radius 1 is 1.06 bits per heavy atom. The van der Waals surface area contributed by atoms with Crippen molar-refractivity contribution >= 4 is 50.0 Å². The highest BCUT2D eigenvalue weighted by Gasteiger charge is 2.21. The summed E-state index contributed by atoms with van der Waals surface area (Å²) in [4.78, 5) is 16.0. The topological polar surface area (TPSA) is 94.0 Å². The molecular weight excluding hydrogens is 466 g/mol. The number of aromatic nitrogens is 3. The van der Waals surface area contributed by atoms with Gasteiger partial charge in [-0.05, 0) is 41.5 Å². The fraction of sp³-hybridized carbons (Fsp3) is 0.0500. The number of sulfonamides is 1. The molecule has 0 atom stereocenters. The van der Waals surface area contributed by atoms with E-state index in [0.717, 1.165) is 29.5 Å². The second kappa shape index (κ2) is 7.92. The maximum atomic E-state index is 14.6. The first kappa shape index (κ1) is 21.2. The number of halogens is 3. The van der Waals surface area contributed by atoms with Crippen LogP contribution in [-0.4, -0.2) is 35.3 Å². The van der Waals surface area contributed by atoms with Crippen LogP contribution in [0.2, 0.25) is 10.2 Å². The molecule has 0 aliphatic carbocycles. The van der Waals surface area contributed by atoms with Crippen molar-refractivity contribution in [2.24, 2.45) is 0 Å². The third-order valence-corrected chi connectivity index (χ3v) is 5.57. The first-order valence-corrected chi connectivity index (χ1v) is 11.4. The van der Waals surface area contributed by atoms with Gasteiger partial charge in [-0.25, -0.2) is 22.2 Å². The van der Waals surface area contributed by atoms with Crippen LogP contribution in [0.4, 0.5) is 4.39 Å². The van der Waals surface area contributed by atoms with Crippen LogP contribution < -0.4 is 4.72 Å². The van der Waals surface area contributed by atoms with Crippen molar-refractivity contribution in [2.75, 3.05) is 6.26 Å². The van der Waals surface area contributed by atoms with Gasteiger partial charge in [-0.3, -0.25) is 9.78 Å². The van der Waals surface area contributed by atoms with Crippen LogP contribution in [0.25, 0.3) is 27.7 Å². The molecule has 31 heavy (non-hydrogen) atoms. The molecule has 0 aliphatic heterocycles. The number of hydrogen-bond donors (Lipinski definition) is 1. The highest BCUT2D eigenvalue weighted by molar-refractivity contribution is 7.89. The first-order chi connectivity index (χ1) is 14.6. The summed E-state index contributed by atoms with van der Waals surface area (Å²) in [5, 5.41) is 5.04. The van der Waals surface area contributed by atoms with Gasteiger partial charge in [-0.2, -0.15) is 5.10 Å². The third-order valence-electron chi connectivity index (χ3n) is 4.44. The summed E-state index contributed by atoms with van der Waals surface area (Å²) in [6.07, 6.45) is 4.14. The van der Waals surface area contributed by atoms with E-state index < -0.39 is 27.3 Å². The van der Waals surface area contributed by atoms with Crippen molar-refractivity contribution in [3.8, 4) is 16.8 Å². The molecule has 4 aromatic rings. The van der Waals surface area contributed by atoms with Crippen LogP contribution in [0.1, 0.15) is 10.4 Å². The predicted molar refractivity (Wildman–Crippen MR) is 117 cm³/mol. The molecular formula is C20H13Cl2FN4O3S. The highest BCUT2D eigenvalue weighted by atomic mass is 35.5. The summed E-state index contributed by atoms with van der Waals surface area (Å²) in [6, 6.07) is 11.2. The Kier molecular flexibility index (Phi) is 5.42. The highest BCUT2D eigenvalue weighted by Crippen LogP contribution is 2.33. The normalized spacial score (nSPS) is 11.6. The van der Waals surface area contributed by atoms with Gasteiger partial charge in [0.05, 0.1) is 28.0 Å². The quantitative estimate of drug-likeness (QED) is 0.473. The average molecular weight is 479 g/mol. The summed E-state index contributed by atoms with van der Waals surface area (Å²) in [6.45, 7) is 0. The van der Waals surface area contributed by atoms with Crippen molar-refractivity contribution in [1.29, 1.82) is 0 Å². The molecule has 0 fully saturated rings. The van der Waals surface area contributed by atoms with Crippen molar-refractivity contribution in [1.82, 2.24) is 19.5 Å². The first-order valence-electron chi connectivity index (χ1n) is 8.74. The second-order valence-electron chi connectivity index (χ2n) is 6.66.